The van der Waals surface area contributed by atoms with Crippen molar-refractivity contribution in [3.8, 4) is 5.75 Å². The van der Waals surface area contributed by atoms with Gasteiger partial charge in [0.1, 0.15) is 0 Å². The summed E-state index contributed by atoms with van der Waals surface area (Å²) < 4.78 is 18.5. The number of halogens is 1. The summed E-state index contributed by atoms with van der Waals surface area (Å²) in [6.45, 7) is 2.03. The fraction of sp³-hybridized carbons (Fsp3) is 0.250. The Morgan fingerprint density at radius 2 is 2.00 bits per heavy atom. The van der Waals surface area contributed by atoms with E-state index in [1.54, 1.807) is 17.8 Å². The summed E-state index contributed by atoms with van der Waals surface area (Å²) >= 11 is 1.56. The molecule has 20 heavy (non-hydrogen) atoms. The molecule has 0 bridgehead atoms. The van der Waals surface area contributed by atoms with E-state index in [0.717, 1.165) is 4.90 Å². The first-order valence-electron chi connectivity index (χ1n) is 6.31. The number of aliphatic hydroxyl groups excluding tert-OH is 1. The molecule has 2 aromatic carbocycles. The summed E-state index contributed by atoms with van der Waals surface area (Å²) in [5, 5.41) is 10.1. The van der Waals surface area contributed by atoms with Crippen LogP contribution in [0.25, 0.3) is 0 Å². The number of thioether (sulfide) groups is 1. The second kappa shape index (κ2) is 6.77. The molecule has 0 saturated heterocycles. The third-order valence-corrected chi connectivity index (χ3v) is 4.30. The Balaban J connectivity index is 2.03. The minimum Gasteiger partial charge on any atom is -0.494 e. The lowest BCUT2D eigenvalue weighted by Gasteiger charge is -2.13. The van der Waals surface area contributed by atoms with E-state index in [4.69, 9.17) is 4.74 Å². The fourth-order valence-corrected chi connectivity index (χ4v) is 2.87. The van der Waals surface area contributed by atoms with Crippen molar-refractivity contribution in [2.45, 2.75) is 17.9 Å². The van der Waals surface area contributed by atoms with Crippen LogP contribution in [0, 0.1) is 12.7 Å². The largest absolute Gasteiger partial charge is 0.494 e. The van der Waals surface area contributed by atoms with Gasteiger partial charge < -0.3 is 9.84 Å². The van der Waals surface area contributed by atoms with Gasteiger partial charge in [0.25, 0.3) is 0 Å². The Morgan fingerprint density at radius 1 is 1.25 bits per heavy atom. The molecule has 1 atom stereocenters. The van der Waals surface area contributed by atoms with Gasteiger partial charge in [0, 0.05) is 10.6 Å². The lowest BCUT2D eigenvalue weighted by Crippen LogP contribution is -2.02. The van der Waals surface area contributed by atoms with E-state index >= 15 is 0 Å². The molecule has 2 rings (SSSR count). The summed E-state index contributed by atoms with van der Waals surface area (Å²) in [6, 6.07) is 12.5. The number of aliphatic hydroxyl groups is 1. The highest BCUT2D eigenvalue weighted by molar-refractivity contribution is 7.99. The number of benzene rings is 2. The van der Waals surface area contributed by atoms with Crippen molar-refractivity contribution in [1.29, 1.82) is 0 Å². The normalized spacial score (nSPS) is 12.2. The highest BCUT2D eigenvalue weighted by atomic mass is 32.2. The average Bonchev–Trinajstić information content (AvgIpc) is 2.46. The quantitative estimate of drug-likeness (QED) is 0.846. The first-order chi connectivity index (χ1) is 9.61. The molecule has 0 saturated carbocycles. The molecular weight excluding hydrogens is 275 g/mol. The van der Waals surface area contributed by atoms with Crippen molar-refractivity contribution in [2.75, 3.05) is 12.9 Å². The number of hydrogen-bond donors (Lipinski definition) is 1. The third kappa shape index (κ3) is 3.52. The first kappa shape index (κ1) is 14.9. The summed E-state index contributed by atoms with van der Waals surface area (Å²) in [5.41, 5.74) is 1.73. The number of aryl methyl sites for hydroxylation is 1. The van der Waals surface area contributed by atoms with Gasteiger partial charge in [0.2, 0.25) is 0 Å². The van der Waals surface area contributed by atoms with Crippen LogP contribution in [0.15, 0.2) is 47.4 Å². The van der Waals surface area contributed by atoms with Gasteiger partial charge in [-0.25, -0.2) is 4.39 Å². The molecule has 106 valence electrons. The topological polar surface area (TPSA) is 29.5 Å². The molecule has 2 aromatic rings. The Hall–Kier alpha value is -1.52. The summed E-state index contributed by atoms with van der Waals surface area (Å²) in [4.78, 5) is 1.13. The Bertz CT molecular complexity index is 586. The molecule has 1 N–H and O–H groups in total. The van der Waals surface area contributed by atoms with E-state index in [0.29, 0.717) is 11.3 Å². The van der Waals surface area contributed by atoms with Crippen molar-refractivity contribution in [3.05, 3.63) is 59.4 Å². The van der Waals surface area contributed by atoms with Crippen LogP contribution in [0.5, 0.6) is 5.75 Å². The Kier molecular flexibility index (Phi) is 5.04. The monoisotopic (exact) mass is 292 g/mol. The zero-order chi connectivity index (χ0) is 14.5. The molecule has 0 aliphatic heterocycles. The van der Waals surface area contributed by atoms with Gasteiger partial charge in [0.15, 0.2) is 11.6 Å². The highest BCUT2D eigenvalue weighted by Gasteiger charge is 2.12. The zero-order valence-electron chi connectivity index (χ0n) is 11.5. The van der Waals surface area contributed by atoms with E-state index < -0.39 is 11.9 Å². The van der Waals surface area contributed by atoms with E-state index in [1.165, 1.54) is 24.8 Å². The molecule has 0 aliphatic rings. The third-order valence-electron chi connectivity index (χ3n) is 3.05. The van der Waals surface area contributed by atoms with Crippen LogP contribution >= 0.6 is 11.8 Å². The van der Waals surface area contributed by atoms with Crippen LogP contribution in [0.4, 0.5) is 4.39 Å². The maximum absolute atomic E-state index is 13.6. The summed E-state index contributed by atoms with van der Waals surface area (Å²) in [6.07, 6.45) is -0.708. The molecule has 4 heteroatoms. The van der Waals surface area contributed by atoms with Gasteiger partial charge in [0.05, 0.1) is 13.2 Å². The number of hydrogen-bond acceptors (Lipinski definition) is 3. The second-order valence-corrected chi connectivity index (χ2v) is 5.55. The number of rotatable bonds is 5. The average molecular weight is 292 g/mol. The maximum Gasteiger partial charge on any atom is 0.165 e. The van der Waals surface area contributed by atoms with E-state index in [1.807, 2.05) is 31.2 Å². The predicted molar refractivity (Wildman–Crippen MR) is 79.8 cm³/mol. The Labute approximate surface area is 122 Å². The molecule has 0 amide bonds. The van der Waals surface area contributed by atoms with E-state index in [-0.39, 0.29) is 5.75 Å². The van der Waals surface area contributed by atoms with Gasteiger partial charge in [-0.1, -0.05) is 24.3 Å². The van der Waals surface area contributed by atoms with Gasteiger partial charge in [-0.2, -0.15) is 0 Å². The molecule has 2 nitrogen and oxygen atoms in total. The lowest BCUT2D eigenvalue weighted by molar-refractivity contribution is 0.203. The lowest BCUT2D eigenvalue weighted by atomic mass is 10.1. The number of ether oxygens (including phenoxy) is 1. The molecule has 0 aromatic heterocycles. The van der Waals surface area contributed by atoms with Crippen molar-refractivity contribution >= 4 is 11.8 Å². The maximum atomic E-state index is 13.6. The van der Waals surface area contributed by atoms with Gasteiger partial charge in [-0.05, 0) is 36.2 Å². The van der Waals surface area contributed by atoms with Crippen molar-refractivity contribution in [3.63, 3.8) is 0 Å². The van der Waals surface area contributed by atoms with Gasteiger partial charge in [-0.15, -0.1) is 11.8 Å². The van der Waals surface area contributed by atoms with Crippen LogP contribution in [-0.2, 0) is 0 Å². The summed E-state index contributed by atoms with van der Waals surface area (Å²) in [7, 11) is 1.42. The Morgan fingerprint density at radius 3 is 2.65 bits per heavy atom. The molecule has 0 heterocycles. The smallest absolute Gasteiger partial charge is 0.165 e. The minimum absolute atomic E-state index is 0.188. The van der Waals surface area contributed by atoms with Gasteiger partial charge >= 0.3 is 0 Å². The SMILES string of the molecule is COc1ccc(C(O)CSc2ccccc2C)cc1F. The van der Waals surface area contributed by atoms with Crippen molar-refractivity contribution in [2.24, 2.45) is 0 Å². The van der Waals surface area contributed by atoms with Crippen LogP contribution in [0.2, 0.25) is 0 Å². The molecule has 1 unspecified atom stereocenters. The minimum atomic E-state index is -0.708. The van der Waals surface area contributed by atoms with Crippen LogP contribution in [-0.4, -0.2) is 18.0 Å². The molecule has 0 fully saturated rings. The van der Waals surface area contributed by atoms with Crippen molar-refractivity contribution in [1.82, 2.24) is 0 Å². The second-order valence-electron chi connectivity index (χ2n) is 4.49. The van der Waals surface area contributed by atoms with Crippen LogP contribution in [0.3, 0.4) is 0 Å². The van der Waals surface area contributed by atoms with E-state index in [9.17, 15) is 9.50 Å². The predicted octanol–water partition coefficient (Wildman–Crippen LogP) is 3.97. The molecular formula is C16H17FO2S. The summed E-state index contributed by atoms with van der Waals surface area (Å²) in [5.74, 6) is 0.217. The molecule has 0 aliphatic carbocycles. The van der Waals surface area contributed by atoms with Crippen molar-refractivity contribution < 1.29 is 14.2 Å². The van der Waals surface area contributed by atoms with Crippen LogP contribution in [0.1, 0.15) is 17.2 Å². The highest BCUT2D eigenvalue weighted by Crippen LogP contribution is 2.28. The zero-order valence-corrected chi connectivity index (χ0v) is 12.3. The number of methoxy groups -OCH3 is 1. The van der Waals surface area contributed by atoms with Crippen LogP contribution < -0.4 is 4.74 Å². The standard InChI is InChI=1S/C16H17FO2S/c1-11-5-3-4-6-16(11)20-10-14(18)12-7-8-15(19-2)13(17)9-12/h3-9,14,18H,10H2,1-2H3. The molecule has 0 radical (unpaired) electrons. The fourth-order valence-electron chi connectivity index (χ4n) is 1.87. The first-order valence-corrected chi connectivity index (χ1v) is 7.30. The van der Waals surface area contributed by atoms with E-state index in [2.05, 4.69) is 0 Å². The molecule has 0 spiro atoms. The van der Waals surface area contributed by atoms with Gasteiger partial charge in [-0.3, -0.25) is 0 Å².